The second-order valence-electron chi connectivity index (χ2n) is 4.13. The van der Waals surface area contributed by atoms with Crippen molar-refractivity contribution in [3.8, 4) is 0 Å². The van der Waals surface area contributed by atoms with Gasteiger partial charge in [0, 0.05) is 18.7 Å². The zero-order valence-electron chi connectivity index (χ0n) is 10.6. The molecule has 19 heavy (non-hydrogen) atoms. The van der Waals surface area contributed by atoms with Gasteiger partial charge in [-0.25, -0.2) is 13.1 Å². The predicted octanol–water partition coefficient (Wildman–Crippen LogP) is 1.00. The van der Waals surface area contributed by atoms with Gasteiger partial charge in [0.2, 0.25) is 10.0 Å². The predicted molar refractivity (Wildman–Crippen MR) is 71.2 cm³/mol. The molecule has 0 saturated heterocycles. The van der Waals surface area contributed by atoms with Crippen LogP contribution in [0.1, 0.15) is 19.8 Å². The van der Waals surface area contributed by atoms with E-state index in [1.807, 2.05) is 6.92 Å². The number of rotatable bonds is 7. The highest BCUT2D eigenvalue weighted by Crippen LogP contribution is 2.22. The lowest BCUT2D eigenvalue weighted by Crippen LogP contribution is -2.37. The molecule has 0 spiro atoms. The van der Waals surface area contributed by atoms with Gasteiger partial charge in [-0.2, -0.15) is 0 Å². The van der Waals surface area contributed by atoms with E-state index in [2.05, 4.69) is 4.72 Å². The molecule has 1 aromatic rings. The number of nitrogens with one attached hydrogen (secondary N) is 1. The Balaban J connectivity index is 2.92. The molecule has 0 aliphatic carbocycles. The summed E-state index contributed by atoms with van der Waals surface area (Å²) in [5.41, 5.74) is 5.26. The Bertz CT molecular complexity index is 545. The van der Waals surface area contributed by atoms with Gasteiger partial charge in [-0.15, -0.1) is 0 Å². The number of nitro benzene ring substituents is 1. The lowest BCUT2D eigenvalue weighted by Gasteiger charge is -2.12. The van der Waals surface area contributed by atoms with Crippen molar-refractivity contribution in [2.45, 2.75) is 30.7 Å². The van der Waals surface area contributed by atoms with Gasteiger partial charge in [0.25, 0.3) is 5.69 Å². The van der Waals surface area contributed by atoms with Crippen LogP contribution in [-0.2, 0) is 10.0 Å². The third-order valence-corrected chi connectivity index (χ3v) is 4.02. The summed E-state index contributed by atoms with van der Waals surface area (Å²) in [6.07, 6.45) is 1.52. The van der Waals surface area contributed by atoms with Gasteiger partial charge in [0.05, 0.1) is 4.92 Å². The minimum atomic E-state index is -3.92. The Morgan fingerprint density at radius 2 is 2.05 bits per heavy atom. The van der Waals surface area contributed by atoms with E-state index < -0.39 is 20.6 Å². The first kappa shape index (κ1) is 15.5. The van der Waals surface area contributed by atoms with Gasteiger partial charge in [-0.05, 0) is 12.5 Å². The second kappa shape index (κ2) is 6.60. The van der Waals surface area contributed by atoms with Crippen LogP contribution < -0.4 is 10.5 Å². The number of hydrogen-bond acceptors (Lipinski definition) is 5. The number of nitrogens with zero attached hydrogens (tertiary/aromatic N) is 1. The van der Waals surface area contributed by atoms with Crippen molar-refractivity contribution >= 4 is 15.7 Å². The first-order valence-corrected chi connectivity index (χ1v) is 7.35. The topological polar surface area (TPSA) is 115 Å². The van der Waals surface area contributed by atoms with E-state index in [0.29, 0.717) is 6.42 Å². The first-order valence-electron chi connectivity index (χ1n) is 5.87. The van der Waals surface area contributed by atoms with Crippen LogP contribution in [0.3, 0.4) is 0 Å². The number of para-hydroxylation sites is 1. The summed E-state index contributed by atoms with van der Waals surface area (Å²) in [5, 5.41) is 10.8. The number of hydrogen-bond donors (Lipinski definition) is 2. The minimum Gasteiger partial charge on any atom is -0.327 e. The smallest absolute Gasteiger partial charge is 0.289 e. The maximum absolute atomic E-state index is 12.0. The van der Waals surface area contributed by atoms with Crippen LogP contribution in [0, 0.1) is 10.1 Å². The second-order valence-corrected chi connectivity index (χ2v) is 5.86. The molecular formula is C11H17N3O4S. The maximum Gasteiger partial charge on any atom is 0.289 e. The molecule has 0 radical (unpaired) electrons. The molecule has 7 nitrogen and oxygen atoms in total. The molecule has 106 valence electrons. The van der Waals surface area contributed by atoms with Crippen LogP contribution >= 0.6 is 0 Å². The Morgan fingerprint density at radius 3 is 2.63 bits per heavy atom. The molecule has 1 rings (SSSR count). The number of nitrogens with two attached hydrogens (primary N) is 1. The summed E-state index contributed by atoms with van der Waals surface area (Å²) in [7, 11) is -3.92. The highest BCUT2D eigenvalue weighted by atomic mass is 32.2. The zero-order chi connectivity index (χ0) is 14.5. The van der Waals surface area contributed by atoms with E-state index in [1.54, 1.807) is 0 Å². The average Bonchev–Trinajstić information content (AvgIpc) is 2.37. The summed E-state index contributed by atoms with van der Waals surface area (Å²) < 4.78 is 26.3. The molecule has 1 atom stereocenters. The highest BCUT2D eigenvalue weighted by molar-refractivity contribution is 7.89. The van der Waals surface area contributed by atoms with Crippen LogP contribution in [0.4, 0.5) is 5.69 Å². The first-order chi connectivity index (χ1) is 8.88. The third-order valence-electron chi connectivity index (χ3n) is 2.55. The van der Waals surface area contributed by atoms with Crippen molar-refractivity contribution < 1.29 is 13.3 Å². The summed E-state index contributed by atoms with van der Waals surface area (Å²) in [6.45, 7) is 2.00. The van der Waals surface area contributed by atoms with Crippen molar-refractivity contribution in [2.75, 3.05) is 6.54 Å². The molecular weight excluding hydrogens is 270 g/mol. The lowest BCUT2D eigenvalue weighted by molar-refractivity contribution is -0.387. The van der Waals surface area contributed by atoms with Gasteiger partial charge >= 0.3 is 0 Å². The number of nitro groups is 1. The molecule has 1 unspecified atom stereocenters. The standard InChI is InChI=1S/C11H17N3O4S/c1-2-5-9(12)8-13-19(17,18)11-7-4-3-6-10(11)14(15)16/h3-4,6-7,9,13H,2,5,8,12H2,1H3. The molecule has 3 N–H and O–H groups in total. The van der Waals surface area contributed by atoms with Gasteiger partial charge < -0.3 is 5.73 Å². The minimum absolute atomic E-state index is 0.0578. The van der Waals surface area contributed by atoms with Gasteiger partial charge in [-0.3, -0.25) is 10.1 Å². The molecule has 0 heterocycles. The Morgan fingerprint density at radius 1 is 1.42 bits per heavy atom. The monoisotopic (exact) mass is 287 g/mol. The average molecular weight is 287 g/mol. The Kier molecular flexibility index (Phi) is 5.40. The summed E-state index contributed by atoms with van der Waals surface area (Å²) >= 11 is 0. The largest absolute Gasteiger partial charge is 0.327 e. The molecule has 8 heteroatoms. The summed E-state index contributed by atoms with van der Waals surface area (Å²) in [5.74, 6) is 0. The van der Waals surface area contributed by atoms with E-state index in [4.69, 9.17) is 5.73 Å². The molecule has 0 aromatic heterocycles. The van der Waals surface area contributed by atoms with E-state index >= 15 is 0 Å². The Hall–Kier alpha value is -1.51. The SMILES string of the molecule is CCCC(N)CNS(=O)(=O)c1ccccc1[N+](=O)[O-]. The number of sulfonamides is 1. The van der Waals surface area contributed by atoms with Crippen molar-refractivity contribution in [1.82, 2.24) is 4.72 Å². The third kappa shape index (κ3) is 4.27. The van der Waals surface area contributed by atoms with E-state index in [-0.39, 0.29) is 17.5 Å². The van der Waals surface area contributed by atoms with Crippen LogP contribution in [0.25, 0.3) is 0 Å². The van der Waals surface area contributed by atoms with Crippen LogP contribution in [0.5, 0.6) is 0 Å². The fourth-order valence-electron chi connectivity index (χ4n) is 1.60. The van der Waals surface area contributed by atoms with Crippen molar-refractivity contribution in [1.29, 1.82) is 0 Å². The summed E-state index contributed by atoms with van der Waals surface area (Å²) in [4.78, 5) is 9.73. The van der Waals surface area contributed by atoms with Crippen LogP contribution in [0.15, 0.2) is 29.2 Å². The number of benzene rings is 1. The molecule has 0 aliphatic rings. The quantitative estimate of drug-likeness (QED) is 0.573. The molecule has 0 saturated carbocycles. The van der Waals surface area contributed by atoms with Gasteiger partial charge in [-0.1, -0.05) is 25.5 Å². The van der Waals surface area contributed by atoms with Crippen molar-refractivity contribution in [2.24, 2.45) is 5.73 Å². The summed E-state index contributed by atoms with van der Waals surface area (Å²) in [6, 6.07) is 4.90. The van der Waals surface area contributed by atoms with Crippen LogP contribution in [0.2, 0.25) is 0 Å². The van der Waals surface area contributed by atoms with Crippen LogP contribution in [-0.4, -0.2) is 25.9 Å². The Labute approximate surface area is 112 Å². The molecule has 1 aromatic carbocycles. The lowest BCUT2D eigenvalue weighted by atomic mass is 10.2. The zero-order valence-corrected chi connectivity index (χ0v) is 11.4. The fourth-order valence-corrected chi connectivity index (χ4v) is 2.87. The van der Waals surface area contributed by atoms with E-state index in [1.165, 1.54) is 18.2 Å². The fraction of sp³-hybridized carbons (Fsp3) is 0.455. The van der Waals surface area contributed by atoms with Gasteiger partial charge in [0.1, 0.15) is 0 Å². The highest BCUT2D eigenvalue weighted by Gasteiger charge is 2.25. The molecule has 0 amide bonds. The molecule has 0 bridgehead atoms. The van der Waals surface area contributed by atoms with Crippen molar-refractivity contribution in [3.63, 3.8) is 0 Å². The van der Waals surface area contributed by atoms with Gasteiger partial charge in [0.15, 0.2) is 4.90 Å². The van der Waals surface area contributed by atoms with E-state index in [0.717, 1.165) is 12.5 Å². The maximum atomic E-state index is 12.0. The van der Waals surface area contributed by atoms with Crippen molar-refractivity contribution in [3.05, 3.63) is 34.4 Å². The molecule has 0 aliphatic heterocycles. The van der Waals surface area contributed by atoms with E-state index in [9.17, 15) is 18.5 Å². The normalized spacial score (nSPS) is 13.2. The molecule has 0 fully saturated rings.